The summed E-state index contributed by atoms with van der Waals surface area (Å²) >= 11 is 0. The van der Waals surface area contributed by atoms with Gasteiger partial charge in [0.15, 0.2) is 0 Å². The molecule has 0 radical (unpaired) electrons. The fourth-order valence-electron chi connectivity index (χ4n) is 2.04. The average molecular weight is 180 g/mol. The zero-order valence-electron chi connectivity index (χ0n) is 7.53. The highest BCUT2D eigenvalue weighted by atomic mass is 16.5. The first kappa shape index (κ1) is 8.63. The van der Waals surface area contributed by atoms with Crippen LogP contribution >= 0.6 is 0 Å². The third kappa shape index (κ3) is 1.23. The molecule has 1 saturated carbocycles. The van der Waals surface area contributed by atoms with E-state index < -0.39 is 0 Å². The van der Waals surface area contributed by atoms with Gasteiger partial charge in [0, 0.05) is 12.5 Å². The van der Waals surface area contributed by atoms with Crippen molar-refractivity contribution in [2.75, 3.05) is 6.61 Å². The molecule has 70 valence electrons. The Kier molecular flexibility index (Phi) is 2.04. The van der Waals surface area contributed by atoms with E-state index in [1.807, 2.05) is 19.1 Å². The van der Waals surface area contributed by atoms with Crippen LogP contribution in [0.3, 0.4) is 0 Å². The van der Waals surface area contributed by atoms with Crippen LogP contribution in [0.25, 0.3) is 0 Å². The van der Waals surface area contributed by atoms with Gasteiger partial charge >= 0.3 is 0 Å². The summed E-state index contributed by atoms with van der Waals surface area (Å²) in [7, 11) is 0. The van der Waals surface area contributed by atoms with Crippen LogP contribution in [-0.4, -0.2) is 24.3 Å². The van der Waals surface area contributed by atoms with E-state index in [2.05, 4.69) is 0 Å². The summed E-state index contributed by atoms with van der Waals surface area (Å²) in [6.07, 6.45) is 4.27. The standard InChI is InChI=1S/C10H12O3/c1-2-13-8-5-6-3-4-7(8)10(12)9(6)11/h3-4,6-8H,2,5H2,1H3/t6-,7+,8-/m1/s1. The molecule has 0 aliphatic heterocycles. The van der Waals surface area contributed by atoms with Crippen LogP contribution in [0.1, 0.15) is 13.3 Å². The SMILES string of the molecule is CCO[C@@H]1C[C@H]2C=C[C@@H]1C(=O)C2=O. The van der Waals surface area contributed by atoms with E-state index in [0.717, 1.165) is 0 Å². The monoisotopic (exact) mass is 180 g/mol. The Morgan fingerprint density at radius 3 is 2.77 bits per heavy atom. The average Bonchev–Trinajstić information content (AvgIpc) is 2.14. The maximum Gasteiger partial charge on any atom is 0.208 e. The number of hydrogen-bond acceptors (Lipinski definition) is 3. The Balaban J connectivity index is 2.21. The van der Waals surface area contributed by atoms with Crippen LogP contribution in [0.4, 0.5) is 0 Å². The Morgan fingerprint density at radius 1 is 1.38 bits per heavy atom. The second-order valence-electron chi connectivity index (χ2n) is 3.48. The number of rotatable bonds is 2. The number of allylic oxidation sites excluding steroid dienone is 1. The molecule has 0 aromatic carbocycles. The number of hydrogen-bond donors (Lipinski definition) is 0. The minimum absolute atomic E-state index is 0.0646. The molecule has 3 aliphatic carbocycles. The molecule has 13 heavy (non-hydrogen) atoms. The third-order valence-electron chi connectivity index (χ3n) is 2.70. The molecule has 3 atom stereocenters. The lowest BCUT2D eigenvalue weighted by Crippen LogP contribution is -2.46. The van der Waals surface area contributed by atoms with Crippen molar-refractivity contribution in [3.63, 3.8) is 0 Å². The van der Waals surface area contributed by atoms with Gasteiger partial charge in [0.2, 0.25) is 11.6 Å². The van der Waals surface area contributed by atoms with E-state index in [1.165, 1.54) is 0 Å². The highest BCUT2D eigenvalue weighted by Gasteiger charge is 2.44. The lowest BCUT2D eigenvalue weighted by atomic mass is 9.72. The number of ether oxygens (including phenoxy) is 1. The number of carbonyl (C=O) groups excluding carboxylic acids is 2. The summed E-state index contributed by atoms with van der Waals surface area (Å²) in [4.78, 5) is 22.7. The lowest BCUT2D eigenvalue weighted by Gasteiger charge is -2.34. The van der Waals surface area contributed by atoms with Crippen molar-refractivity contribution in [1.29, 1.82) is 0 Å². The summed E-state index contributed by atoms with van der Waals surface area (Å²) in [6.45, 7) is 2.50. The van der Waals surface area contributed by atoms with Gasteiger partial charge < -0.3 is 4.74 Å². The molecule has 3 rings (SSSR count). The fraction of sp³-hybridized carbons (Fsp3) is 0.600. The molecule has 0 saturated heterocycles. The minimum atomic E-state index is -0.308. The second kappa shape index (κ2) is 3.07. The zero-order valence-corrected chi connectivity index (χ0v) is 7.53. The first-order chi connectivity index (χ1) is 6.24. The Bertz CT molecular complexity index is 280. The van der Waals surface area contributed by atoms with E-state index in [1.54, 1.807) is 0 Å². The molecule has 3 nitrogen and oxygen atoms in total. The second-order valence-corrected chi connectivity index (χ2v) is 3.48. The number of fused-ring (bicyclic) bond motifs is 2. The predicted molar refractivity (Wildman–Crippen MR) is 46.2 cm³/mol. The van der Waals surface area contributed by atoms with Crippen LogP contribution < -0.4 is 0 Å². The van der Waals surface area contributed by atoms with Crippen LogP contribution in [0.2, 0.25) is 0 Å². The smallest absolute Gasteiger partial charge is 0.208 e. The van der Waals surface area contributed by atoms with E-state index in [0.29, 0.717) is 13.0 Å². The zero-order chi connectivity index (χ0) is 9.42. The largest absolute Gasteiger partial charge is 0.377 e. The van der Waals surface area contributed by atoms with Crippen molar-refractivity contribution in [1.82, 2.24) is 0 Å². The van der Waals surface area contributed by atoms with Gasteiger partial charge in [-0.25, -0.2) is 0 Å². The van der Waals surface area contributed by atoms with Gasteiger partial charge in [0.05, 0.1) is 12.0 Å². The van der Waals surface area contributed by atoms with Gasteiger partial charge in [-0.05, 0) is 13.3 Å². The first-order valence-corrected chi connectivity index (χ1v) is 4.62. The molecule has 0 aromatic rings. The number of carbonyl (C=O) groups is 2. The van der Waals surface area contributed by atoms with E-state index in [-0.39, 0.29) is 29.5 Å². The van der Waals surface area contributed by atoms with Crippen molar-refractivity contribution < 1.29 is 14.3 Å². The molecule has 2 bridgehead atoms. The highest BCUT2D eigenvalue weighted by molar-refractivity contribution is 6.41. The molecular weight excluding hydrogens is 168 g/mol. The summed E-state index contributed by atoms with van der Waals surface area (Å²) in [5, 5.41) is 0. The Hall–Kier alpha value is -0.960. The molecule has 0 amide bonds. The maximum atomic E-state index is 11.4. The molecule has 3 heteroatoms. The van der Waals surface area contributed by atoms with Crippen molar-refractivity contribution in [3.05, 3.63) is 12.2 Å². The number of Topliss-reactive ketones (excluding diaryl/α,β-unsaturated/α-hetero) is 2. The summed E-state index contributed by atoms with van der Waals surface area (Å²) in [6, 6.07) is 0. The molecular formula is C10H12O3. The topological polar surface area (TPSA) is 43.4 Å². The van der Waals surface area contributed by atoms with Gasteiger partial charge in [0.1, 0.15) is 0 Å². The molecule has 1 fully saturated rings. The Morgan fingerprint density at radius 2 is 2.15 bits per heavy atom. The molecule has 0 spiro atoms. The van der Waals surface area contributed by atoms with E-state index in [4.69, 9.17) is 4.74 Å². The van der Waals surface area contributed by atoms with Crippen molar-refractivity contribution in [3.8, 4) is 0 Å². The maximum absolute atomic E-state index is 11.4. The number of ketones is 2. The van der Waals surface area contributed by atoms with Gasteiger partial charge in [-0.2, -0.15) is 0 Å². The quantitative estimate of drug-likeness (QED) is 0.465. The first-order valence-electron chi connectivity index (χ1n) is 4.62. The normalized spacial score (nSPS) is 37.2. The van der Waals surface area contributed by atoms with Crippen LogP contribution in [-0.2, 0) is 14.3 Å². The van der Waals surface area contributed by atoms with Gasteiger partial charge in [0.25, 0.3) is 0 Å². The summed E-state index contributed by atoms with van der Waals surface area (Å²) in [5.41, 5.74) is 0. The summed E-state index contributed by atoms with van der Waals surface area (Å²) in [5.74, 6) is -1.02. The van der Waals surface area contributed by atoms with Crippen molar-refractivity contribution in [2.24, 2.45) is 11.8 Å². The van der Waals surface area contributed by atoms with Gasteiger partial charge in [-0.15, -0.1) is 0 Å². The van der Waals surface area contributed by atoms with Crippen LogP contribution in [0.5, 0.6) is 0 Å². The van der Waals surface area contributed by atoms with Crippen molar-refractivity contribution in [2.45, 2.75) is 19.4 Å². The van der Waals surface area contributed by atoms with Gasteiger partial charge in [-0.3, -0.25) is 9.59 Å². The molecule has 0 aromatic heterocycles. The third-order valence-corrected chi connectivity index (χ3v) is 2.70. The van der Waals surface area contributed by atoms with Crippen molar-refractivity contribution >= 4 is 11.6 Å². The molecule has 0 heterocycles. The minimum Gasteiger partial charge on any atom is -0.377 e. The van der Waals surface area contributed by atoms with E-state index in [9.17, 15) is 9.59 Å². The fourth-order valence-corrected chi connectivity index (χ4v) is 2.04. The molecule has 0 N–H and O–H groups in total. The van der Waals surface area contributed by atoms with E-state index >= 15 is 0 Å². The lowest BCUT2D eigenvalue weighted by molar-refractivity contribution is -0.148. The Labute approximate surface area is 76.8 Å². The predicted octanol–water partition coefficient (Wildman–Crippen LogP) is 0.736. The van der Waals surface area contributed by atoms with Crippen LogP contribution in [0.15, 0.2) is 12.2 Å². The van der Waals surface area contributed by atoms with Gasteiger partial charge in [-0.1, -0.05) is 12.2 Å². The molecule has 3 aliphatic rings. The summed E-state index contributed by atoms with van der Waals surface area (Å²) < 4.78 is 5.41. The highest BCUT2D eigenvalue weighted by Crippen LogP contribution is 2.33. The van der Waals surface area contributed by atoms with Crippen LogP contribution in [0, 0.1) is 11.8 Å². The molecule has 0 unspecified atom stereocenters.